The van der Waals surface area contributed by atoms with E-state index in [2.05, 4.69) is 20.6 Å². The molecular weight excluding hydrogens is 240 g/mol. The second-order valence-corrected chi connectivity index (χ2v) is 4.38. The van der Waals surface area contributed by atoms with Gasteiger partial charge in [0, 0.05) is 7.05 Å². The van der Waals surface area contributed by atoms with Crippen LogP contribution in [0.3, 0.4) is 0 Å². The molecule has 0 saturated carbocycles. The fourth-order valence-electron chi connectivity index (χ4n) is 1.83. The zero-order valence-corrected chi connectivity index (χ0v) is 10.2. The minimum absolute atomic E-state index is 0.0314. The largest absolute Gasteiger partial charge is 0.479 e. The van der Waals surface area contributed by atoms with Crippen molar-refractivity contribution in [1.82, 2.24) is 15.6 Å². The van der Waals surface area contributed by atoms with Crippen LogP contribution in [0.1, 0.15) is 13.8 Å². The molecule has 0 bridgehead atoms. The summed E-state index contributed by atoms with van der Waals surface area (Å²) in [6, 6.07) is 0. The lowest BCUT2D eigenvalue weighted by Gasteiger charge is -2.39. The summed E-state index contributed by atoms with van der Waals surface area (Å²) in [5.74, 6) is 2.51. The Balaban J connectivity index is 2.60. The average molecular weight is 254 g/mol. The highest BCUT2D eigenvalue weighted by Crippen LogP contribution is 2.27. The van der Waals surface area contributed by atoms with Crippen molar-refractivity contribution >= 4 is 23.5 Å². The van der Waals surface area contributed by atoms with E-state index in [9.17, 15) is 14.7 Å². The highest BCUT2D eigenvalue weighted by Gasteiger charge is 2.59. The maximum absolute atomic E-state index is 12.1. The minimum atomic E-state index is -2.03. The van der Waals surface area contributed by atoms with Gasteiger partial charge in [0.1, 0.15) is 5.84 Å². The Morgan fingerprint density at radius 1 is 1.50 bits per heavy atom. The van der Waals surface area contributed by atoms with E-state index in [0.717, 1.165) is 0 Å². The van der Waals surface area contributed by atoms with Crippen LogP contribution in [0.4, 0.5) is 0 Å². The Bertz CT molecular complexity index is 499. The van der Waals surface area contributed by atoms with Gasteiger partial charge in [0.2, 0.25) is 5.79 Å². The Hall–Kier alpha value is -2.00. The smallest absolute Gasteiger partial charge is 0.349 e. The second-order valence-electron chi connectivity index (χ2n) is 4.38. The molecule has 1 amide bonds. The lowest BCUT2D eigenvalue weighted by Crippen LogP contribution is -2.71. The number of carbonyl (C=O) groups excluding carboxylic acids is 1. The topological polar surface area (TPSA) is 132 Å². The number of aliphatic imine (C=N–C) groups is 2. The highest BCUT2D eigenvalue weighted by molar-refractivity contribution is 6.34. The monoisotopic (exact) mass is 254 g/mol. The molecule has 18 heavy (non-hydrogen) atoms. The van der Waals surface area contributed by atoms with Gasteiger partial charge in [-0.2, -0.15) is 0 Å². The molecule has 98 valence electrons. The van der Waals surface area contributed by atoms with Crippen LogP contribution in [0, 0.1) is 0 Å². The van der Waals surface area contributed by atoms with Gasteiger partial charge in [-0.25, -0.2) is 19.8 Å². The van der Waals surface area contributed by atoms with Crippen molar-refractivity contribution in [2.75, 3.05) is 7.05 Å². The first kappa shape index (κ1) is 12.5. The molecule has 2 aliphatic heterocycles. The van der Waals surface area contributed by atoms with E-state index in [1.165, 1.54) is 12.1 Å². The Morgan fingerprint density at radius 3 is 2.61 bits per heavy atom. The zero-order valence-electron chi connectivity index (χ0n) is 10.2. The number of rotatable bonds is 2. The number of fused-ring (bicyclic) bond motifs is 1. The number of amidine groups is 2. The predicted molar refractivity (Wildman–Crippen MR) is 62.5 cm³/mol. The number of hydrazine groups is 1. The fourth-order valence-corrected chi connectivity index (χ4v) is 1.83. The standard InChI is InChI=1S/C9H14N6O3/c1-4-11-5-9(12-4,7(17)18)6(16)14-8(2,13-5)15(3)10/h10H2,1-3H3,(H,14,16)(H,17,18)(H,11,12,13). The second kappa shape index (κ2) is 3.50. The molecule has 9 heteroatoms. The van der Waals surface area contributed by atoms with E-state index < -0.39 is 23.2 Å². The van der Waals surface area contributed by atoms with Crippen molar-refractivity contribution in [1.29, 1.82) is 0 Å². The molecule has 0 aromatic rings. The van der Waals surface area contributed by atoms with Crippen molar-refractivity contribution in [2.24, 2.45) is 15.8 Å². The third-order valence-corrected chi connectivity index (χ3v) is 2.98. The average Bonchev–Trinajstić information content (AvgIpc) is 2.55. The lowest BCUT2D eigenvalue weighted by atomic mass is 9.96. The van der Waals surface area contributed by atoms with Crippen LogP contribution in [0.15, 0.2) is 9.98 Å². The first-order chi connectivity index (χ1) is 8.22. The fraction of sp³-hybridized carbons (Fsp3) is 0.556. The van der Waals surface area contributed by atoms with E-state index in [1.54, 1.807) is 13.8 Å². The summed E-state index contributed by atoms with van der Waals surface area (Å²) in [5.41, 5.74) is -2.03. The van der Waals surface area contributed by atoms with Crippen molar-refractivity contribution in [3.63, 3.8) is 0 Å². The lowest BCUT2D eigenvalue weighted by molar-refractivity contribution is -0.147. The first-order valence-corrected chi connectivity index (χ1v) is 5.21. The van der Waals surface area contributed by atoms with E-state index in [4.69, 9.17) is 5.84 Å². The molecule has 0 saturated heterocycles. The van der Waals surface area contributed by atoms with Gasteiger partial charge < -0.3 is 15.7 Å². The van der Waals surface area contributed by atoms with Crippen LogP contribution in [0.2, 0.25) is 0 Å². The summed E-state index contributed by atoms with van der Waals surface area (Å²) in [5, 5.41) is 15.6. The number of amides is 1. The van der Waals surface area contributed by atoms with Gasteiger partial charge in [0.05, 0.1) is 0 Å². The van der Waals surface area contributed by atoms with Gasteiger partial charge in [-0.05, 0) is 13.8 Å². The van der Waals surface area contributed by atoms with E-state index in [0.29, 0.717) is 5.84 Å². The molecule has 5 N–H and O–H groups in total. The van der Waals surface area contributed by atoms with Gasteiger partial charge >= 0.3 is 5.97 Å². The molecule has 0 aliphatic carbocycles. The number of aliphatic carboxylic acids is 1. The SMILES string of the molecule is CC1=NC2(C(=O)O)C(=O)NC(C)(N(C)N)N=C2N1. The van der Waals surface area contributed by atoms with Crippen LogP contribution in [-0.4, -0.2) is 52.0 Å². The zero-order chi connectivity index (χ0) is 13.7. The molecule has 0 radical (unpaired) electrons. The summed E-state index contributed by atoms with van der Waals surface area (Å²) in [7, 11) is 1.51. The molecule has 2 aliphatic rings. The molecular formula is C9H14N6O3. The van der Waals surface area contributed by atoms with Gasteiger partial charge in [0.15, 0.2) is 5.84 Å². The van der Waals surface area contributed by atoms with Crippen LogP contribution in [0.5, 0.6) is 0 Å². The summed E-state index contributed by atoms with van der Waals surface area (Å²) >= 11 is 0. The van der Waals surface area contributed by atoms with Crippen molar-refractivity contribution in [2.45, 2.75) is 25.2 Å². The molecule has 2 heterocycles. The normalized spacial score (nSPS) is 34.4. The van der Waals surface area contributed by atoms with E-state index >= 15 is 0 Å². The molecule has 2 rings (SSSR count). The third kappa shape index (κ3) is 1.41. The van der Waals surface area contributed by atoms with Gasteiger partial charge in [-0.3, -0.25) is 10.6 Å². The van der Waals surface area contributed by atoms with Gasteiger partial charge in [-0.15, -0.1) is 0 Å². The molecule has 0 spiro atoms. The maximum atomic E-state index is 12.1. The Labute approximate surface area is 103 Å². The number of carboxylic acid groups (broad SMARTS) is 1. The molecule has 0 aromatic heterocycles. The number of carbonyl (C=O) groups is 2. The molecule has 9 nitrogen and oxygen atoms in total. The molecule has 0 aromatic carbocycles. The summed E-state index contributed by atoms with van der Waals surface area (Å²) in [6.07, 6.45) is 0. The first-order valence-electron chi connectivity index (χ1n) is 5.21. The van der Waals surface area contributed by atoms with Crippen LogP contribution in [-0.2, 0) is 9.59 Å². The number of hydrogen-bond acceptors (Lipinski definition) is 7. The van der Waals surface area contributed by atoms with E-state index in [1.807, 2.05) is 0 Å². The van der Waals surface area contributed by atoms with E-state index in [-0.39, 0.29) is 5.84 Å². The van der Waals surface area contributed by atoms with Crippen molar-refractivity contribution in [3.8, 4) is 0 Å². The third-order valence-electron chi connectivity index (χ3n) is 2.98. The number of carboxylic acids is 1. The quantitative estimate of drug-likeness (QED) is 0.252. The van der Waals surface area contributed by atoms with Gasteiger partial charge in [-0.1, -0.05) is 0 Å². The summed E-state index contributed by atoms with van der Waals surface area (Å²) < 4.78 is 0. The van der Waals surface area contributed by atoms with Crippen LogP contribution < -0.4 is 16.5 Å². The minimum Gasteiger partial charge on any atom is -0.479 e. The van der Waals surface area contributed by atoms with Crippen molar-refractivity contribution in [3.05, 3.63) is 0 Å². The predicted octanol–water partition coefficient (Wildman–Crippen LogP) is -2.16. The Kier molecular flexibility index (Phi) is 2.42. The molecule has 2 atom stereocenters. The molecule has 2 unspecified atom stereocenters. The number of nitrogens with two attached hydrogens (primary N) is 1. The number of nitrogens with one attached hydrogen (secondary N) is 2. The van der Waals surface area contributed by atoms with Crippen LogP contribution in [0.25, 0.3) is 0 Å². The highest BCUT2D eigenvalue weighted by atomic mass is 16.4. The number of hydrogen-bond donors (Lipinski definition) is 4. The Morgan fingerprint density at radius 2 is 2.11 bits per heavy atom. The van der Waals surface area contributed by atoms with Crippen molar-refractivity contribution < 1.29 is 14.7 Å². The number of nitrogens with zero attached hydrogens (tertiary/aromatic N) is 3. The van der Waals surface area contributed by atoms with Crippen LogP contribution >= 0.6 is 0 Å². The molecule has 0 fully saturated rings. The summed E-state index contributed by atoms with van der Waals surface area (Å²) in [4.78, 5) is 31.5. The van der Waals surface area contributed by atoms with Gasteiger partial charge in [0.25, 0.3) is 11.4 Å². The maximum Gasteiger partial charge on any atom is 0.349 e. The summed E-state index contributed by atoms with van der Waals surface area (Å²) in [6.45, 7) is 3.11.